The third-order valence-electron chi connectivity index (χ3n) is 2.29. The molecule has 76 valence electrons. The lowest BCUT2D eigenvalue weighted by Crippen LogP contribution is -2.31. The number of rotatable bonds is 2. The monoisotopic (exact) mass is 192 g/mol. The molecule has 0 heterocycles. The molecule has 0 saturated heterocycles. The number of amides is 2. The van der Waals surface area contributed by atoms with E-state index in [2.05, 4.69) is 18.2 Å². The van der Waals surface area contributed by atoms with Crippen LogP contribution in [0.4, 0.5) is 4.79 Å². The molecule has 1 aromatic rings. The zero-order valence-electron chi connectivity index (χ0n) is 8.87. The molecule has 1 rings (SSSR count). The Bertz CT molecular complexity index is 347. The van der Waals surface area contributed by atoms with Gasteiger partial charge in [0.15, 0.2) is 0 Å². The number of benzene rings is 1. The Balaban J connectivity index is 2.85. The van der Waals surface area contributed by atoms with E-state index in [9.17, 15) is 4.79 Å². The van der Waals surface area contributed by atoms with Crippen LogP contribution in [0.25, 0.3) is 0 Å². The second-order valence-electron chi connectivity index (χ2n) is 3.62. The van der Waals surface area contributed by atoms with Gasteiger partial charge in [0.1, 0.15) is 0 Å². The largest absolute Gasteiger partial charge is 0.351 e. The number of hydrogen-bond donors (Lipinski definition) is 1. The minimum atomic E-state index is -0.397. The molecule has 0 aliphatic rings. The van der Waals surface area contributed by atoms with Crippen molar-refractivity contribution in [3.05, 3.63) is 34.9 Å². The van der Waals surface area contributed by atoms with Crippen molar-refractivity contribution in [1.82, 2.24) is 4.90 Å². The van der Waals surface area contributed by atoms with E-state index in [-0.39, 0.29) is 0 Å². The Morgan fingerprint density at radius 1 is 1.43 bits per heavy atom. The molecule has 0 spiro atoms. The van der Waals surface area contributed by atoms with Gasteiger partial charge in [0.25, 0.3) is 0 Å². The lowest BCUT2D eigenvalue weighted by Gasteiger charge is -2.16. The van der Waals surface area contributed by atoms with Gasteiger partial charge in [0, 0.05) is 13.6 Å². The first kappa shape index (κ1) is 10.6. The molecule has 0 unspecified atom stereocenters. The summed E-state index contributed by atoms with van der Waals surface area (Å²) in [6.45, 7) is 4.64. The van der Waals surface area contributed by atoms with Crippen LogP contribution in [0.3, 0.4) is 0 Å². The van der Waals surface area contributed by atoms with Crippen LogP contribution in [0.15, 0.2) is 18.2 Å². The zero-order valence-corrected chi connectivity index (χ0v) is 8.87. The lowest BCUT2D eigenvalue weighted by molar-refractivity contribution is 0.216. The summed E-state index contributed by atoms with van der Waals surface area (Å²) in [5, 5.41) is 0. The molecule has 2 N–H and O–H groups in total. The maximum absolute atomic E-state index is 10.8. The van der Waals surface area contributed by atoms with E-state index in [0.29, 0.717) is 6.54 Å². The third-order valence-corrected chi connectivity index (χ3v) is 2.29. The van der Waals surface area contributed by atoms with Crippen LogP contribution >= 0.6 is 0 Å². The molecule has 0 saturated carbocycles. The van der Waals surface area contributed by atoms with Crippen LogP contribution in [0.2, 0.25) is 0 Å². The van der Waals surface area contributed by atoms with E-state index < -0.39 is 6.03 Å². The van der Waals surface area contributed by atoms with Gasteiger partial charge in [-0.1, -0.05) is 23.8 Å². The molecule has 0 radical (unpaired) electrons. The molecule has 0 fully saturated rings. The Kier molecular flexibility index (Phi) is 3.12. The number of carbonyl (C=O) groups is 1. The number of aryl methyl sites for hydroxylation is 2. The van der Waals surface area contributed by atoms with E-state index in [0.717, 1.165) is 5.56 Å². The van der Waals surface area contributed by atoms with Gasteiger partial charge in [0.05, 0.1) is 0 Å². The highest BCUT2D eigenvalue weighted by Crippen LogP contribution is 2.12. The fourth-order valence-corrected chi connectivity index (χ4v) is 1.30. The highest BCUT2D eigenvalue weighted by molar-refractivity contribution is 5.71. The second kappa shape index (κ2) is 4.13. The number of urea groups is 1. The molecular weight excluding hydrogens is 176 g/mol. The van der Waals surface area contributed by atoms with Crippen molar-refractivity contribution >= 4 is 6.03 Å². The number of primary amides is 1. The van der Waals surface area contributed by atoms with Crippen molar-refractivity contribution in [3.8, 4) is 0 Å². The number of carbonyl (C=O) groups excluding carboxylic acids is 1. The molecule has 0 aliphatic heterocycles. The van der Waals surface area contributed by atoms with Crippen molar-refractivity contribution in [2.45, 2.75) is 20.4 Å². The van der Waals surface area contributed by atoms with Gasteiger partial charge in [-0.05, 0) is 25.0 Å². The van der Waals surface area contributed by atoms with Gasteiger partial charge < -0.3 is 10.6 Å². The molecule has 0 aromatic heterocycles. The van der Waals surface area contributed by atoms with Crippen LogP contribution in [-0.4, -0.2) is 18.0 Å². The van der Waals surface area contributed by atoms with Gasteiger partial charge in [-0.3, -0.25) is 0 Å². The molecule has 0 atom stereocenters. The first-order valence-corrected chi connectivity index (χ1v) is 4.57. The molecular formula is C11H16N2O. The quantitative estimate of drug-likeness (QED) is 0.763. The SMILES string of the molecule is Cc1ccc(C)c(CN(C)C(N)=O)c1. The van der Waals surface area contributed by atoms with Gasteiger partial charge in [-0.15, -0.1) is 0 Å². The number of hydrogen-bond acceptors (Lipinski definition) is 1. The summed E-state index contributed by atoms with van der Waals surface area (Å²) in [6, 6.07) is 5.79. The Morgan fingerprint density at radius 3 is 2.64 bits per heavy atom. The first-order chi connectivity index (χ1) is 6.50. The van der Waals surface area contributed by atoms with Gasteiger partial charge in [0.2, 0.25) is 0 Å². The van der Waals surface area contributed by atoms with Crippen LogP contribution < -0.4 is 5.73 Å². The van der Waals surface area contributed by atoms with Crippen LogP contribution in [0, 0.1) is 13.8 Å². The van der Waals surface area contributed by atoms with Crippen molar-refractivity contribution in [1.29, 1.82) is 0 Å². The maximum Gasteiger partial charge on any atom is 0.314 e. The molecule has 14 heavy (non-hydrogen) atoms. The minimum absolute atomic E-state index is 0.397. The zero-order chi connectivity index (χ0) is 10.7. The van der Waals surface area contributed by atoms with Crippen molar-refractivity contribution in [3.63, 3.8) is 0 Å². The molecule has 0 bridgehead atoms. The third kappa shape index (κ3) is 2.49. The molecule has 2 amide bonds. The molecule has 3 heteroatoms. The van der Waals surface area contributed by atoms with Crippen molar-refractivity contribution < 1.29 is 4.79 Å². The lowest BCUT2D eigenvalue weighted by atomic mass is 10.1. The molecule has 1 aromatic carbocycles. The second-order valence-corrected chi connectivity index (χ2v) is 3.62. The summed E-state index contributed by atoms with van der Waals surface area (Å²) in [7, 11) is 1.70. The van der Waals surface area contributed by atoms with E-state index in [4.69, 9.17) is 5.73 Å². The number of nitrogens with zero attached hydrogens (tertiary/aromatic N) is 1. The van der Waals surface area contributed by atoms with E-state index >= 15 is 0 Å². The smallest absolute Gasteiger partial charge is 0.314 e. The summed E-state index contributed by atoms with van der Waals surface area (Å²) in [4.78, 5) is 12.3. The number of nitrogens with two attached hydrogens (primary N) is 1. The Morgan fingerprint density at radius 2 is 2.07 bits per heavy atom. The standard InChI is InChI=1S/C11H16N2O/c1-8-4-5-9(2)10(6-8)7-13(3)11(12)14/h4-6H,7H2,1-3H3,(H2,12,14). The fraction of sp³-hybridized carbons (Fsp3) is 0.364. The van der Waals surface area contributed by atoms with Gasteiger partial charge >= 0.3 is 6.03 Å². The van der Waals surface area contributed by atoms with E-state index in [1.54, 1.807) is 7.05 Å². The predicted octanol–water partition coefficient (Wildman–Crippen LogP) is 1.81. The highest BCUT2D eigenvalue weighted by atomic mass is 16.2. The summed E-state index contributed by atoms with van der Waals surface area (Å²) >= 11 is 0. The summed E-state index contributed by atoms with van der Waals surface area (Å²) in [5.41, 5.74) is 8.69. The topological polar surface area (TPSA) is 46.3 Å². The van der Waals surface area contributed by atoms with Crippen LogP contribution in [0.1, 0.15) is 16.7 Å². The van der Waals surface area contributed by atoms with Gasteiger partial charge in [-0.2, -0.15) is 0 Å². The Labute approximate surface area is 84.5 Å². The molecule has 3 nitrogen and oxygen atoms in total. The van der Waals surface area contributed by atoms with Crippen molar-refractivity contribution in [2.75, 3.05) is 7.05 Å². The van der Waals surface area contributed by atoms with Gasteiger partial charge in [-0.25, -0.2) is 4.79 Å². The van der Waals surface area contributed by atoms with Crippen LogP contribution in [-0.2, 0) is 6.54 Å². The van der Waals surface area contributed by atoms with E-state index in [1.165, 1.54) is 16.0 Å². The Hall–Kier alpha value is -1.51. The van der Waals surface area contributed by atoms with Crippen molar-refractivity contribution in [2.24, 2.45) is 5.73 Å². The average Bonchev–Trinajstić information content (AvgIpc) is 2.11. The predicted molar refractivity (Wildman–Crippen MR) is 57.0 cm³/mol. The summed E-state index contributed by atoms with van der Waals surface area (Å²) in [6.07, 6.45) is 0. The minimum Gasteiger partial charge on any atom is -0.351 e. The normalized spacial score (nSPS) is 9.93. The van der Waals surface area contributed by atoms with E-state index in [1.807, 2.05) is 13.8 Å². The first-order valence-electron chi connectivity index (χ1n) is 4.57. The average molecular weight is 192 g/mol. The summed E-state index contributed by atoms with van der Waals surface area (Å²) in [5.74, 6) is 0. The van der Waals surface area contributed by atoms with Crippen LogP contribution in [0.5, 0.6) is 0 Å². The fourth-order valence-electron chi connectivity index (χ4n) is 1.30. The highest BCUT2D eigenvalue weighted by Gasteiger charge is 2.06. The summed E-state index contributed by atoms with van der Waals surface area (Å²) < 4.78 is 0. The molecule has 0 aliphatic carbocycles. The maximum atomic E-state index is 10.8.